The summed E-state index contributed by atoms with van der Waals surface area (Å²) >= 11 is 1.57. The highest BCUT2D eigenvalue weighted by atomic mass is 32.2. The number of thioether (sulfide) groups is 1. The molecule has 0 aliphatic carbocycles. The average Bonchev–Trinajstić information content (AvgIpc) is 3.44. The highest BCUT2D eigenvalue weighted by Crippen LogP contribution is 2.22. The first-order valence-electron chi connectivity index (χ1n) is 9.72. The first-order valence-corrected chi connectivity index (χ1v) is 10.7. The molecule has 1 N–H and O–H groups in total. The molecule has 1 aliphatic heterocycles. The van der Waals surface area contributed by atoms with Crippen LogP contribution >= 0.6 is 11.8 Å². The van der Waals surface area contributed by atoms with Crippen molar-refractivity contribution < 1.29 is 9.59 Å². The minimum atomic E-state index is -0.343. The maximum Gasteiger partial charge on any atom is 0.274 e. The number of carbonyl (C=O) groups excluding carboxylic acids is 2. The van der Waals surface area contributed by atoms with Crippen LogP contribution in [-0.4, -0.2) is 49.6 Å². The topological polar surface area (TPSA) is 93.0 Å². The van der Waals surface area contributed by atoms with Gasteiger partial charge in [-0.15, -0.1) is 10.2 Å². The van der Waals surface area contributed by atoms with Crippen molar-refractivity contribution in [2.45, 2.75) is 23.8 Å². The average molecular weight is 423 g/mol. The molecule has 0 saturated carbocycles. The Labute approximate surface area is 178 Å². The standard InChI is InChI=1S/C21H22N6O2S/c1-26-14-23-25-21(26)30-13-15-5-4-6-17(11-15)24-19(28)18-12-16(7-8-22-18)20(29)27-9-2-3-10-27/h4-8,11-12,14H,2-3,9-10,13H2,1H3,(H,24,28). The Balaban J connectivity index is 1.42. The Morgan fingerprint density at radius 2 is 2.00 bits per heavy atom. The van der Waals surface area contributed by atoms with E-state index >= 15 is 0 Å². The van der Waals surface area contributed by atoms with Gasteiger partial charge in [0.25, 0.3) is 11.8 Å². The van der Waals surface area contributed by atoms with Crippen molar-refractivity contribution in [1.29, 1.82) is 0 Å². The summed E-state index contributed by atoms with van der Waals surface area (Å²) in [6.45, 7) is 1.53. The quantitative estimate of drug-likeness (QED) is 0.614. The summed E-state index contributed by atoms with van der Waals surface area (Å²) in [6, 6.07) is 10.8. The summed E-state index contributed by atoms with van der Waals surface area (Å²) in [5, 5.41) is 11.6. The zero-order chi connectivity index (χ0) is 20.9. The van der Waals surface area contributed by atoms with Crippen LogP contribution in [0.25, 0.3) is 0 Å². The Kier molecular flexibility index (Phi) is 6.08. The Hall–Kier alpha value is -3.20. The summed E-state index contributed by atoms with van der Waals surface area (Å²) in [7, 11) is 1.90. The van der Waals surface area contributed by atoms with Gasteiger partial charge in [-0.2, -0.15) is 0 Å². The van der Waals surface area contributed by atoms with Crippen LogP contribution in [0.2, 0.25) is 0 Å². The summed E-state index contributed by atoms with van der Waals surface area (Å²) in [5.74, 6) is 0.310. The second-order valence-corrected chi connectivity index (χ2v) is 8.04. The van der Waals surface area contributed by atoms with E-state index in [-0.39, 0.29) is 17.5 Å². The van der Waals surface area contributed by atoms with Crippen LogP contribution in [0.1, 0.15) is 39.3 Å². The van der Waals surface area contributed by atoms with Gasteiger partial charge < -0.3 is 14.8 Å². The number of aryl methyl sites for hydroxylation is 1. The van der Waals surface area contributed by atoms with Crippen molar-refractivity contribution in [2.24, 2.45) is 7.05 Å². The van der Waals surface area contributed by atoms with Crippen LogP contribution in [-0.2, 0) is 12.8 Å². The van der Waals surface area contributed by atoms with E-state index in [0.717, 1.165) is 36.7 Å². The van der Waals surface area contributed by atoms with E-state index in [1.807, 2.05) is 40.8 Å². The van der Waals surface area contributed by atoms with E-state index in [4.69, 9.17) is 0 Å². The van der Waals surface area contributed by atoms with Gasteiger partial charge in [-0.3, -0.25) is 14.6 Å². The van der Waals surface area contributed by atoms with Gasteiger partial charge in [0.05, 0.1) is 0 Å². The van der Waals surface area contributed by atoms with Crippen LogP contribution in [0.3, 0.4) is 0 Å². The van der Waals surface area contributed by atoms with Gasteiger partial charge in [-0.05, 0) is 42.7 Å². The van der Waals surface area contributed by atoms with Gasteiger partial charge >= 0.3 is 0 Å². The Bertz CT molecular complexity index is 1060. The monoisotopic (exact) mass is 422 g/mol. The molecule has 0 atom stereocenters. The van der Waals surface area contributed by atoms with Crippen molar-refractivity contribution in [3.8, 4) is 0 Å². The number of carbonyl (C=O) groups is 2. The zero-order valence-corrected chi connectivity index (χ0v) is 17.4. The number of nitrogens with zero attached hydrogens (tertiary/aromatic N) is 5. The largest absolute Gasteiger partial charge is 0.339 e. The third-order valence-corrected chi connectivity index (χ3v) is 5.96. The van der Waals surface area contributed by atoms with E-state index in [1.54, 1.807) is 30.2 Å². The van der Waals surface area contributed by atoms with Crippen molar-refractivity contribution in [1.82, 2.24) is 24.6 Å². The minimum Gasteiger partial charge on any atom is -0.339 e. The molecule has 30 heavy (non-hydrogen) atoms. The van der Waals surface area contributed by atoms with Gasteiger partial charge in [0, 0.05) is 43.3 Å². The van der Waals surface area contributed by atoms with Gasteiger partial charge in [-0.25, -0.2) is 0 Å². The number of pyridine rings is 1. The molecule has 1 saturated heterocycles. The number of hydrogen-bond donors (Lipinski definition) is 1. The lowest BCUT2D eigenvalue weighted by Gasteiger charge is -2.15. The first-order chi connectivity index (χ1) is 14.6. The maximum atomic E-state index is 12.7. The third-order valence-electron chi connectivity index (χ3n) is 4.86. The number of hydrogen-bond acceptors (Lipinski definition) is 6. The molecule has 154 valence electrons. The Morgan fingerprint density at radius 1 is 1.17 bits per heavy atom. The maximum absolute atomic E-state index is 12.7. The van der Waals surface area contributed by atoms with Gasteiger partial charge in [0.15, 0.2) is 5.16 Å². The van der Waals surface area contributed by atoms with Gasteiger partial charge in [-0.1, -0.05) is 23.9 Å². The molecule has 2 aromatic heterocycles. The number of nitrogens with one attached hydrogen (secondary N) is 1. The number of aromatic nitrogens is 4. The second-order valence-electron chi connectivity index (χ2n) is 7.10. The van der Waals surface area contributed by atoms with Crippen LogP contribution in [0.5, 0.6) is 0 Å². The molecule has 4 rings (SSSR count). The van der Waals surface area contributed by atoms with Gasteiger partial charge in [0.2, 0.25) is 0 Å². The minimum absolute atomic E-state index is 0.0493. The molecule has 0 spiro atoms. The van der Waals surface area contributed by atoms with Crippen LogP contribution in [0, 0.1) is 0 Å². The summed E-state index contributed by atoms with van der Waals surface area (Å²) in [4.78, 5) is 31.2. The first kappa shape index (κ1) is 20.1. The summed E-state index contributed by atoms with van der Waals surface area (Å²) in [6.07, 6.45) is 5.21. The highest BCUT2D eigenvalue weighted by molar-refractivity contribution is 7.98. The van der Waals surface area contributed by atoms with Crippen molar-refractivity contribution in [2.75, 3.05) is 18.4 Å². The molecule has 3 heterocycles. The van der Waals surface area contributed by atoms with E-state index < -0.39 is 0 Å². The lowest BCUT2D eigenvalue weighted by molar-refractivity contribution is 0.0792. The van der Waals surface area contributed by atoms with Crippen molar-refractivity contribution in [3.05, 3.63) is 65.7 Å². The third kappa shape index (κ3) is 4.68. The fourth-order valence-electron chi connectivity index (χ4n) is 3.28. The van der Waals surface area contributed by atoms with Crippen molar-refractivity contribution in [3.63, 3.8) is 0 Å². The molecule has 0 radical (unpaired) electrons. The molecule has 2 amide bonds. The summed E-state index contributed by atoms with van der Waals surface area (Å²) in [5.41, 5.74) is 2.44. The van der Waals surface area contributed by atoms with Crippen molar-refractivity contribution >= 4 is 29.3 Å². The predicted octanol–water partition coefficient (Wildman–Crippen LogP) is 2.99. The zero-order valence-electron chi connectivity index (χ0n) is 16.6. The number of likely N-dealkylation sites (tertiary alicyclic amines) is 1. The fraction of sp³-hybridized carbons (Fsp3) is 0.286. The van der Waals surface area contributed by atoms with Crippen LogP contribution < -0.4 is 5.32 Å². The molecule has 1 aromatic carbocycles. The molecule has 9 heteroatoms. The number of rotatable bonds is 6. The predicted molar refractivity (Wildman–Crippen MR) is 114 cm³/mol. The molecule has 1 aliphatic rings. The lowest BCUT2D eigenvalue weighted by atomic mass is 10.2. The van der Waals surface area contributed by atoms with Crippen LogP contribution in [0.4, 0.5) is 5.69 Å². The lowest BCUT2D eigenvalue weighted by Crippen LogP contribution is -2.28. The molecular weight excluding hydrogens is 400 g/mol. The number of anilines is 1. The number of amides is 2. The second kappa shape index (κ2) is 9.08. The Morgan fingerprint density at radius 3 is 2.77 bits per heavy atom. The van der Waals surface area contributed by atoms with E-state index in [0.29, 0.717) is 17.0 Å². The number of benzene rings is 1. The molecule has 8 nitrogen and oxygen atoms in total. The molecule has 0 unspecified atom stereocenters. The van der Waals surface area contributed by atoms with E-state index in [2.05, 4.69) is 20.5 Å². The van der Waals surface area contributed by atoms with E-state index in [9.17, 15) is 9.59 Å². The fourth-order valence-corrected chi connectivity index (χ4v) is 4.11. The normalized spacial score (nSPS) is 13.4. The highest BCUT2D eigenvalue weighted by Gasteiger charge is 2.20. The molecule has 1 fully saturated rings. The molecular formula is C21H22N6O2S. The smallest absolute Gasteiger partial charge is 0.274 e. The van der Waals surface area contributed by atoms with Gasteiger partial charge in [0.1, 0.15) is 12.0 Å². The van der Waals surface area contributed by atoms with E-state index in [1.165, 1.54) is 6.20 Å². The SMILES string of the molecule is Cn1cnnc1SCc1cccc(NC(=O)c2cc(C(=O)N3CCCC3)ccn2)c1. The summed E-state index contributed by atoms with van der Waals surface area (Å²) < 4.78 is 1.86. The van der Waals surface area contributed by atoms with Crippen LogP contribution in [0.15, 0.2) is 54.1 Å². The molecule has 0 bridgehead atoms. The molecule has 3 aromatic rings.